The Hall–Kier alpha value is -1.55. The fourth-order valence-electron chi connectivity index (χ4n) is 3.12. The first-order valence-electron chi connectivity index (χ1n) is 7.18. The number of ether oxygens (including phenoxy) is 1. The summed E-state index contributed by atoms with van der Waals surface area (Å²) in [5.41, 5.74) is 1.02. The normalized spacial score (nSPS) is 20.1. The summed E-state index contributed by atoms with van der Waals surface area (Å²) in [5, 5.41) is 0.591. The SMILES string of the molecule is CC(=O)N1CCC2(CC1)CC(=O)c1cc(Cl)c(C)cc1O2. The van der Waals surface area contributed by atoms with Crippen LogP contribution in [0.25, 0.3) is 0 Å². The minimum absolute atomic E-state index is 0.0782. The topological polar surface area (TPSA) is 46.6 Å². The Morgan fingerprint density at radius 3 is 2.62 bits per heavy atom. The summed E-state index contributed by atoms with van der Waals surface area (Å²) < 4.78 is 6.18. The fraction of sp³-hybridized carbons (Fsp3) is 0.500. The lowest BCUT2D eigenvalue weighted by atomic mass is 9.82. The number of carbonyl (C=O) groups excluding carboxylic acids is 2. The third-order valence-corrected chi connectivity index (χ3v) is 4.90. The molecule has 112 valence electrons. The molecule has 21 heavy (non-hydrogen) atoms. The van der Waals surface area contributed by atoms with Gasteiger partial charge in [-0.1, -0.05) is 11.6 Å². The second-order valence-electron chi connectivity index (χ2n) is 5.99. The van der Waals surface area contributed by atoms with Crippen LogP contribution in [0.2, 0.25) is 5.02 Å². The lowest BCUT2D eigenvalue weighted by Crippen LogP contribution is -2.51. The van der Waals surface area contributed by atoms with Gasteiger partial charge in [-0.2, -0.15) is 0 Å². The molecule has 0 aromatic heterocycles. The zero-order chi connectivity index (χ0) is 15.2. The highest BCUT2D eigenvalue weighted by Crippen LogP contribution is 2.41. The maximum atomic E-state index is 12.4. The van der Waals surface area contributed by atoms with Gasteiger partial charge in [-0.3, -0.25) is 9.59 Å². The van der Waals surface area contributed by atoms with Crippen LogP contribution in [-0.4, -0.2) is 35.3 Å². The van der Waals surface area contributed by atoms with Crippen molar-refractivity contribution in [3.8, 4) is 5.75 Å². The van der Waals surface area contributed by atoms with Crippen LogP contribution in [0, 0.1) is 6.92 Å². The van der Waals surface area contributed by atoms with Crippen molar-refractivity contribution in [3.63, 3.8) is 0 Å². The van der Waals surface area contributed by atoms with Gasteiger partial charge in [0.1, 0.15) is 11.4 Å². The number of likely N-dealkylation sites (tertiary alicyclic amines) is 1. The molecule has 0 radical (unpaired) electrons. The number of aryl methyl sites for hydroxylation is 1. The van der Waals surface area contributed by atoms with Gasteiger partial charge in [0.05, 0.1) is 12.0 Å². The van der Waals surface area contributed by atoms with E-state index in [0.29, 0.717) is 48.7 Å². The van der Waals surface area contributed by atoms with Crippen molar-refractivity contribution in [2.75, 3.05) is 13.1 Å². The second-order valence-corrected chi connectivity index (χ2v) is 6.40. The van der Waals surface area contributed by atoms with E-state index < -0.39 is 5.60 Å². The minimum atomic E-state index is -0.462. The van der Waals surface area contributed by atoms with Crippen molar-refractivity contribution in [3.05, 3.63) is 28.3 Å². The predicted octanol–water partition coefficient (Wildman–Crippen LogP) is 2.99. The van der Waals surface area contributed by atoms with Crippen molar-refractivity contribution >= 4 is 23.3 Å². The number of hydrogen-bond acceptors (Lipinski definition) is 3. The highest BCUT2D eigenvalue weighted by molar-refractivity contribution is 6.31. The van der Waals surface area contributed by atoms with Gasteiger partial charge in [0, 0.05) is 37.9 Å². The number of halogens is 1. The number of benzene rings is 1. The Kier molecular flexibility index (Phi) is 3.44. The summed E-state index contributed by atoms with van der Waals surface area (Å²) in [6, 6.07) is 3.54. The second kappa shape index (κ2) is 5.02. The average Bonchev–Trinajstić information content (AvgIpc) is 2.42. The molecule has 0 unspecified atom stereocenters. The van der Waals surface area contributed by atoms with Crippen LogP contribution in [-0.2, 0) is 4.79 Å². The molecule has 2 heterocycles. The number of hydrogen-bond donors (Lipinski definition) is 0. The summed E-state index contributed by atoms with van der Waals surface area (Å²) in [5.74, 6) is 0.786. The Bertz CT molecular complexity index is 618. The Morgan fingerprint density at radius 1 is 1.33 bits per heavy atom. The first-order chi connectivity index (χ1) is 9.90. The van der Waals surface area contributed by atoms with E-state index in [9.17, 15) is 9.59 Å². The lowest BCUT2D eigenvalue weighted by Gasteiger charge is -2.43. The molecule has 1 aromatic rings. The molecule has 0 saturated carbocycles. The highest BCUT2D eigenvalue weighted by atomic mass is 35.5. The van der Waals surface area contributed by atoms with Crippen molar-refractivity contribution in [2.24, 2.45) is 0 Å². The first-order valence-corrected chi connectivity index (χ1v) is 7.56. The van der Waals surface area contributed by atoms with Crippen LogP contribution in [0.5, 0.6) is 5.75 Å². The van der Waals surface area contributed by atoms with E-state index >= 15 is 0 Å². The monoisotopic (exact) mass is 307 g/mol. The number of piperidine rings is 1. The van der Waals surface area contributed by atoms with E-state index in [0.717, 1.165) is 5.56 Å². The number of carbonyl (C=O) groups is 2. The Morgan fingerprint density at radius 2 is 2.00 bits per heavy atom. The largest absolute Gasteiger partial charge is 0.486 e. The number of rotatable bonds is 0. The molecule has 0 aliphatic carbocycles. The van der Waals surface area contributed by atoms with Crippen molar-refractivity contribution in [1.82, 2.24) is 4.90 Å². The summed E-state index contributed by atoms with van der Waals surface area (Å²) >= 11 is 6.09. The highest BCUT2D eigenvalue weighted by Gasteiger charge is 2.43. The van der Waals surface area contributed by atoms with Gasteiger partial charge in [-0.25, -0.2) is 0 Å². The molecule has 1 aromatic carbocycles. The van der Waals surface area contributed by atoms with E-state index in [2.05, 4.69) is 0 Å². The van der Waals surface area contributed by atoms with Gasteiger partial charge < -0.3 is 9.64 Å². The summed E-state index contributed by atoms with van der Waals surface area (Å²) in [6.07, 6.45) is 1.75. The molecule has 1 spiro atoms. The molecule has 1 fully saturated rings. The van der Waals surface area contributed by atoms with Gasteiger partial charge in [0.2, 0.25) is 5.91 Å². The van der Waals surface area contributed by atoms with Crippen LogP contribution < -0.4 is 4.74 Å². The van der Waals surface area contributed by atoms with Crippen LogP contribution in [0.3, 0.4) is 0 Å². The van der Waals surface area contributed by atoms with Crippen LogP contribution in [0.1, 0.15) is 42.1 Å². The van der Waals surface area contributed by atoms with Crippen LogP contribution >= 0.6 is 11.6 Å². The molecule has 4 nitrogen and oxygen atoms in total. The van der Waals surface area contributed by atoms with E-state index in [1.807, 2.05) is 17.9 Å². The molecule has 1 amide bonds. The van der Waals surface area contributed by atoms with E-state index in [1.165, 1.54) is 0 Å². The minimum Gasteiger partial charge on any atom is -0.486 e. The van der Waals surface area contributed by atoms with Crippen molar-refractivity contribution < 1.29 is 14.3 Å². The molecular weight excluding hydrogens is 290 g/mol. The van der Waals surface area contributed by atoms with Crippen LogP contribution in [0.4, 0.5) is 0 Å². The Labute approximate surface area is 129 Å². The molecule has 2 aliphatic heterocycles. The van der Waals surface area contributed by atoms with E-state index in [4.69, 9.17) is 16.3 Å². The number of nitrogens with zero attached hydrogens (tertiary/aromatic N) is 1. The molecule has 0 atom stereocenters. The van der Waals surface area contributed by atoms with Crippen LogP contribution in [0.15, 0.2) is 12.1 Å². The summed E-state index contributed by atoms with van der Waals surface area (Å²) in [6.45, 7) is 4.76. The van der Waals surface area contributed by atoms with Gasteiger partial charge in [0.15, 0.2) is 5.78 Å². The number of Topliss-reactive ketones (excluding diaryl/α,β-unsaturated/α-hetero) is 1. The van der Waals surface area contributed by atoms with Gasteiger partial charge in [-0.05, 0) is 24.6 Å². The Balaban J connectivity index is 1.87. The molecular formula is C16H18ClNO3. The quantitative estimate of drug-likeness (QED) is 0.740. The zero-order valence-electron chi connectivity index (χ0n) is 12.2. The molecule has 1 saturated heterocycles. The zero-order valence-corrected chi connectivity index (χ0v) is 13.0. The fourth-order valence-corrected chi connectivity index (χ4v) is 3.29. The third-order valence-electron chi connectivity index (χ3n) is 4.49. The lowest BCUT2D eigenvalue weighted by molar-refractivity contribution is -0.132. The number of ketones is 1. The first kappa shape index (κ1) is 14.4. The molecule has 0 bridgehead atoms. The predicted molar refractivity (Wildman–Crippen MR) is 80.0 cm³/mol. The summed E-state index contributed by atoms with van der Waals surface area (Å²) in [4.78, 5) is 25.6. The number of amides is 1. The van der Waals surface area contributed by atoms with Crippen molar-refractivity contribution in [1.29, 1.82) is 0 Å². The molecule has 3 rings (SSSR count). The molecule has 5 heteroatoms. The maximum absolute atomic E-state index is 12.4. The average molecular weight is 308 g/mol. The van der Waals surface area contributed by atoms with Gasteiger partial charge in [-0.15, -0.1) is 0 Å². The van der Waals surface area contributed by atoms with Gasteiger partial charge in [0.25, 0.3) is 0 Å². The standard InChI is InChI=1S/C16H18ClNO3/c1-10-7-15-12(8-13(10)17)14(20)9-16(21-15)3-5-18(6-4-16)11(2)19/h7-8H,3-6,9H2,1-2H3. The van der Waals surface area contributed by atoms with E-state index in [1.54, 1.807) is 13.0 Å². The molecule has 2 aliphatic rings. The maximum Gasteiger partial charge on any atom is 0.219 e. The van der Waals surface area contributed by atoms with Crippen molar-refractivity contribution in [2.45, 2.75) is 38.7 Å². The number of fused-ring (bicyclic) bond motifs is 1. The van der Waals surface area contributed by atoms with Gasteiger partial charge >= 0.3 is 0 Å². The smallest absolute Gasteiger partial charge is 0.219 e. The van der Waals surface area contributed by atoms with E-state index in [-0.39, 0.29) is 11.7 Å². The summed E-state index contributed by atoms with van der Waals surface area (Å²) in [7, 11) is 0. The molecule has 0 N–H and O–H groups in total. The third kappa shape index (κ3) is 2.53.